The molecule has 0 fully saturated rings. The van der Waals surface area contributed by atoms with Crippen molar-refractivity contribution in [2.75, 3.05) is 5.75 Å². The normalized spacial score (nSPS) is 10.7. The average molecular weight is 203 g/mol. The number of thioether (sulfide) groups is 1. The molecule has 0 aliphatic rings. The Hall–Kier alpha value is -0.280. The van der Waals surface area contributed by atoms with Crippen molar-refractivity contribution in [1.82, 2.24) is 9.97 Å². The summed E-state index contributed by atoms with van der Waals surface area (Å²) in [5.74, 6) is 1.70. The van der Waals surface area contributed by atoms with Gasteiger partial charge in [-0.2, -0.15) is 0 Å². The van der Waals surface area contributed by atoms with Crippen LogP contribution in [0.25, 0.3) is 0 Å². The van der Waals surface area contributed by atoms with E-state index < -0.39 is 0 Å². The lowest BCUT2D eigenvalue weighted by atomic mass is 10.3. The summed E-state index contributed by atoms with van der Waals surface area (Å²) in [6, 6.07) is 0. The van der Waals surface area contributed by atoms with E-state index in [4.69, 9.17) is 11.6 Å². The summed E-state index contributed by atoms with van der Waals surface area (Å²) in [6.07, 6.45) is 3.24. The summed E-state index contributed by atoms with van der Waals surface area (Å²) < 4.78 is 0. The van der Waals surface area contributed by atoms with Crippen LogP contribution in [0.1, 0.15) is 13.8 Å². The number of halogens is 1. The molecule has 0 amide bonds. The molecule has 0 aromatic carbocycles. The average Bonchev–Trinajstić information content (AvgIpc) is 2.03. The van der Waals surface area contributed by atoms with E-state index in [0.717, 1.165) is 10.9 Å². The van der Waals surface area contributed by atoms with Gasteiger partial charge in [0.15, 0.2) is 5.16 Å². The number of hydrogen-bond donors (Lipinski definition) is 0. The van der Waals surface area contributed by atoms with Crippen LogP contribution in [0.15, 0.2) is 17.6 Å². The maximum absolute atomic E-state index is 5.64. The SMILES string of the molecule is CC(C)CSc1ncc(Cl)cn1. The van der Waals surface area contributed by atoms with E-state index in [1.165, 1.54) is 0 Å². The van der Waals surface area contributed by atoms with Crippen molar-refractivity contribution in [3.05, 3.63) is 17.4 Å². The molecule has 1 aromatic rings. The van der Waals surface area contributed by atoms with Gasteiger partial charge in [-0.1, -0.05) is 37.2 Å². The molecule has 0 atom stereocenters. The van der Waals surface area contributed by atoms with Crippen molar-refractivity contribution in [2.45, 2.75) is 19.0 Å². The zero-order valence-electron chi connectivity index (χ0n) is 7.12. The van der Waals surface area contributed by atoms with Gasteiger partial charge in [-0.15, -0.1) is 0 Å². The summed E-state index contributed by atoms with van der Waals surface area (Å²) in [4.78, 5) is 8.14. The van der Waals surface area contributed by atoms with Gasteiger partial charge in [-0.05, 0) is 5.92 Å². The standard InChI is InChI=1S/C8H11ClN2S/c1-6(2)5-12-8-10-3-7(9)4-11-8/h3-4,6H,5H2,1-2H3. The minimum absolute atomic E-state index is 0.587. The topological polar surface area (TPSA) is 25.8 Å². The first-order chi connectivity index (χ1) is 5.68. The van der Waals surface area contributed by atoms with E-state index in [1.54, 1.807) is 24.2 Å². The van der Waals surface area contributed by atoms with Crippen molar-refractivity contribution in [3.63, 3.8) is 0 Å². The third-order valence-electron chi connectivity index (χ3n) is 1.14. The lowest BCUT2D eigenvalue weighted by Crippen LogP contribution is -1.92. The number of nitrogens with zero attached hydrogens (tertiary/aromatic N) is 2. The van der Waals surface area contributed by atoms with Crippen LogP contribution in [0.3, 0.4) is 0 Å². The molecular weight excluding hydrogens is 192 g/mol. The largest absolute Gasteiger partial charge is 0.230 e. The van der Waals surface area contributed by atoms with Crippen LogP contribution < -0.4 is 0 Å². The van der Waals surface area contributed by atoms with E-state index in [-0.39, 0.29) is 0 Å². The second kappa shape index (κ2) is 4.67. The molecule has 1 rings (SSSR count). The highest BCUT2D eigenvalue weighted by Crippen LogP contribution is 2.16. The van der Waals surface area contributed by atoms with Crippen molar-refractivity contribution in [3.8, 4) is 0 Å². The van der Waals surface area contributed by atoms with E-state index in [1.807, 2.05) is 0 Å². The highest BCUT2D eigenvalue weighted by atomic mass is 35.5. The predicted molar refractivity (Wildman–Crippen MR) is 52.6 cm³/mol. The Balaban J connectivity index is 2.48. The quantitative estimate of drug-likeness (QED) is 0.557. The first-order valence-electron chi connectivity index (χ1n) is 3.79. The van der Waals surface area contributed by atoms with Gasteiger partial charge in [-0.25, -0.2) is 9.97 Å². The Morgan fingerprint density at radius 3 is 2.50 bits per heavy atom. The fourth-order valence-electron chi connectivity index (χ4n) is 0.616. The minimum Gasteiger partial charge on any atom is -0.230 e. The Morgan fingerprint density at radius 1 is 1.42 bits per heavy atom. The lowest BCUT2D eigenvalue weighted by Gasteiger charge is -2.01. The molecule has 0 unspecified atom stereocenters. The van der Waals surface area contributed by atoms with E-state index in [9.17, 15) is 0 Å². The molecule has 0 bridgehead atoms. The Labute approximate surface area is 81.8 Å². The molecule has 2 nitrogen and oxygen atoms in total. The third-order valence-corrected chi connectivity index (χ3v) is 2.64. The molecule has 1 heterocycles. The molecule has 0 saturated carbocycles. The van der Waals surface area contributed by atoms with E-state index in [2.05, 4.69) is 23.8 Å². The Bertz CT molecular complexity index is 235. The van der Waals surface area contributed by atoms with Crippen LogP contribution >= 0.6 is 23.4 Å². The second-order valence-corrected chi connectivity index (χ2v) is 4.31. The zero-order chi connectivity index (χ0) is 8.97. The second-order valence-electron chi connectivity index (χ2n) is 2.89. The zero-order valence-corrected chi connectivity index (χ0v) is 8.69. The van der Waals surface area contributed by atoms with E-state index in [0.29, 0.717) is 10.9 Å². The molecule has 0 spiro atoms. The molecule has 0 radical (unpaired) electrons. The first kappa shape index (κ1) is 9.81. The molecule has 12 heavy (non-hydrogen) atoms. The molecular formula is C8H11ClN2S. The van der Waals surface area contributed by atoms with Crippen LogP contribution in [0, 0.1) is 5.92 Å². The van der Waals surface area contributed by atoms with Crippen LogP contribution in [-0.4, -0.2) is 15.7 Å². The van der Waals surface area contributed by atoms with Crippen molar-refractivity contribution in [1.29, 1.82) is 0 Å². The summed E-state index contributed by atoms with van der Waals surface area (Å²) in [5.41, 5.74) is 0. The van der Waals surface area contributed by atoms with Crippen molar-refractivity contribution >= 4 is 23.4 Å². The number of aromatic nitrogens is 2. The monoisotopic (exact) mass is 202 g/mol. The van der Waals surface area contributed by atoms with Crippen molar-refractivity contribution in [2.24, 2.45) is 5.92 Å². The molecule has 66 valence electrons. The molecule has 0 saturated heterocycles. The van der Waals surface area contributed by atoms with Gasteiger partial charge in [0.25, 0.3) is 0 Å². The van der Waals surface area contributed by atoms with Crippen molar-refractivity contribution < 1.29 is 0 Å². The van der Waals surface area contributed by atoms with Gasteiger partial charge in [0.1, 0.15) is 0 Å². The Morgan fingerprint density at radius 2 is 2.00 bits per heavy atom. The predicted octanol–water partition coefficient (Wildman–Crippen LogP) is 2.88. The van der Waals surface area contributed by atoms with Gasteiger partial charge >= 0.3 is 0 Å². The van der Waals surface area contributed by atoms with Gasteiger partial charge in [0.2, 0.25) is 0 Å². The molecule has 0 N–H and O–H groups in total. The third kappa shape index (κ3) is 3.41. The van der Waals surface area contributed by atoms with Crippen LogP contribution in [0.2, 0.25) is 5.02 Å². The van der Waals surface area contributed by atoms with E-state index >= 15 is 0 Å². The van der Waals surface area contributed by atoms with Crippen LogP contribution in [-0.2, 0) is 0 Å². The fraction of sp³-hybridized carbons (Fsp3) is 0.500. The van der Waals surface area contributed by atoms with Gasteiger partial charge < -0.3 is 0 Å². The highest BCUT2D eigenvalue weighted by molar-refractivity contribution is 7.99. The summed E-state index contributed by atoms with van der Waals surface area (Å²) in [6.45, 7) is 4.34. The first-order valence-corrected chi connectivity index (χ1v) is 5.15. The lowest BCUT2D eigenvalue weighted by molar-refractivity contribution is 0.747. The fourth-order valence-corrected chi connectivity index (χ4v) is 1.45. The molecule has 0 aliphatic heterocycles. The van der Waals surface area contributed by atoms with Gasteiger partial charge in [-0.3, -0.25) is 0 Å². The summed E-state index contributed by atoms with van der Waals surface area (Å²) >= 11 is 7.30. The number of hydrogen-bond acceptors (Lipinski definition) is 3. The smallest absolute Gasteiger partial charge is 0.187 e. The minimum atomic E-state index is 0.587. The van der Waals surface area contributed by atoms with Gasteiger partial charge in [0, 0.05) is 5.75 Å². The summed E-state index contributed by atoms with van der Waals surface area (Å²) in [5, 5.41) is 1.39. The maximum atomic E-state index is 5.64. The highest BCUT2D eigenvalue weighted by Gasteiger charge is 1.99. The number of rotatable bonds is 3. The maximum Gasteiger partial charge on any atom is 0.187 e. The van der Waals surface area contributed by atoms with Crippen LogP contribution in [0.5, 0.6) is 0 Å². The van der Waals surface area contributed by atoms with Gasteiger partial charge in [0.05, 0.1) is 17.4 Å². The molecule has 0 aliphatic carbocycles. The van der Waals surface area contributed by atoms with Crippen LogP contribution in [0.4, 0.5) is 0 Å². The Kier molecular flexibility index (Phi) is 3.82. The molecule has 4 heteroatoms. The summed E-state index contributed by atoms with van der Waals surface area (Å²) in [7, 11) is 0. The molecule has 1 aromatic heterocycles.